The van der Waals surface area contributed by atoms with Crippen LogP contribution >= 0.6 is 11.3 Å². The Bertz CT molecular complexity index is 997. The SMILES string of the molecule is Cn1ncc2c(=O)n(Cc3noc(-c4cccs4)n3)cnc21. The molecular formula is C13H10N6O2S. The van der Waals surface area contributed by atoms with Crippen LogP contribution in [0, 0.1) is 0 Å². The number of fused-ring (bicyclic) bond motifs is 1. The molecule has 9 heteroatoms. The quantitative estimate of drug-likeness (QED) is 0.566. The first-order chi connectivity index (χ1) is 10.7. The van der Waals surface area contributed by atoms with Crippen molar-refractivity contribution in [3.8, 4) is 10.8 Å². The van der Waals surface area contributed by atoms with Crippen molar-refractivity contribution in [2.24, 2.45) is 7.05 Å². The van der Waals surface area contributed by atoms with Crippen LogP contribution in [0.25, 0.3) is 21.8 Å². The van der Waals surface area contributed by atoms with Gasteiger partial charge in [0.1, 0.15) is 11.7 Å². The van der Waals surface area contributed by atoms with Gasteiger partial charge in [-0.1, -0.05) is 11.2 Å². The van der Waals surface area contributed by atoms with Crippen LogP contribution in [0.2, 0.25) is 0 Å². The average Bonchev–Trinajstić information content (AvgIpc) is 3.23. The standard InChI is InChI=1S/C13H10N6O2S/c1-18-11-8(5-15-18)13(20)19(7-14-11)6-10-16-12(21-17-10)9-3-2-4-22-9/h2-5,7H,6H2,1H3. The van der Waals surface area contributed by atoms with E-state index in [1.54, 1.807) is 11.7 Å². The summed E-state index contributed by atoms with van der Waals surface area (Å²) in [6.45, 7) is 0.200. The van der Waals surface area contributed by atoms with Crippen molar-refractivity contribution in [1.82, 2.24) is 29.5 Å². The van der Waals surface area contributed by atoms with E-state index < -0.39 is 0 Å². The Labute approximate surface area is 127 Å². The monoisotopic (exact) mass is 314 g/mol. The summed E-state index contributed by atoms with van der Waals surface area (Å²) < 4.78 is 8.21. The van der Waals surface area contributed by atoms with Gasteiger partial charge in [-0.25, -0.2) is 4.98 Å². The lowest BCUT2D eigenvalue weighted by Crippen LogP contribution is -2.21. The third-order valence-corrected chi connectivity index (χ3v) is 4.09. The van der Waals surface area contributed by atoms with E-state index in [2.05, 4.69) is 20.2 Å². The maximum absolute atomic E-state index is 12.4. The van der Waals surface area contributed by atoms with Crippen molar-refractivity contribution in [1.29, 1.82) is 0 Å². The second-order valence-electron chi connectivity index (χ2n) is 4.68. The number of thiophene rings is 1. The summed E-state index contributed by atoms with van der Waals surface area (Å²) in [7, 11) is 1.74. The van der Waals surface area contributed by atoms with Gasteiger partial charge in [-0.2, -0.15) is 10.1 Å². The van der Waals surface area contributed by atoms with Gasteiger partial charge in [-0.3, -0.25) is 14.0 Å². The van der Waals surface area contributed by atoms with Crippen molar-refractivity contribution in [3.05, 3.63) is 46.2 Å². The molecule has 0 saturated heterocycles. The average molecular weight is 314 g/mol. The van der Waals surface area contributed by atoms with E-state index in [0.717, 1.165) is 4.88 Å². The minimum absolute atomic E-state index is 0.180. The minimum atomic E-state index is -0.180. The molecule has 0 saturated carbocycles. The molecule has 0 atom stereocenters. The number of hydrogen-bond donors (Lipinski definition) is 0. The maximum Gasteiger partial charge on any atom is 0.268 e. The third-order valence-electron chi connectivity index (χ3n) is 3.23. The van der Waals surface area contributed by atoms with Crippen LogP contribution in [0.15, 0.2) is 39.4 Å². The zero-order valence-electron chi connectivity index (χ0n) is 11.5. The van der Waals surface area contributed by atoms with Crippen molar-refractivity contribution in [2.75, 3.05) is 0 Å². The fourth-order valence-corrected chi connectivity index (χ4v) is 2.79. The normalized spacial score (nSPS) is 11.3. The fourth-order valence-electron chi connectivity index (χ4n) is 2.15. The molecule has 0 radical (unpaired) electrons. The smallest absolute Gasteiger partial charge is 0.268 e. The van der Waals surface area contributed by atoms with Crippen LogP contribution in [0.1, 0.15) is 5.82 Å². The van der Waals surface area contributed by atoms with E-state index >= 15 is 0 Å². The molecule has 0 aliphatic heterocycles. The molecule has 0 aromatic carbocycles. The predicted octanol–water partition coefficient (Wildman–Crippen LogP) is 1.29. The van der Waals surface area contributed by atoms with E-state index in [4.69, 9.17) is 4.52 Å². The first-order valence-electron chi connectivity index (χ1n) is 6.46. The van der Waals surface area contributed by atoms with Gasteiger partial charge in [0.15, 0.2) is 11.5 Å². The molecule has 8 nitrogen and oxygen atoms in total. The number of nitrogens with zero attached hydrogens (tertiary/aromatic N) is 6. The van der Waals surface area contributed by atoms with E-state index in [1.807, 2.05) is 17.5 Å². The van der Waals surface area contributed by atoms with Crippen LogP contribution in [-0.4, -0.2) is 29.5 Å². The zero-order valence-corrected chi connectivity index (χ0v) is 12.3. The molecule has 0 fully saturated rings. The van der Waals surface area contributed by atoms with Gasteiger partial charge >= 0.3 is 0 Å². The fraction of sp³-hybridized carbons (Fsp3) is 0.154. The Morgan fingerprint density at radius 1 is 1.41 bits per heavy atom. The Morgan fingerprint density at radius 3 is 3.14 bits per heavy atom. The second-order valence-corrected chi connectivity index (χ2v) is 5.62. The molecule has 22 heavy (non-hydrogen) atoms. The summed E-state index contributed by atoms with van der Waals surface area (Å²) in [5, 5.41) is 10.3. The van der Waals surface area contributed by atoms with Gasteiger partial charge in [0.05, 0.1) is 17.6 Å². The van der Waals surface area contributed by atoms with Gasteiger partial charge in [0.25, 0.3) is 11.4 Å². The number of aromatic nitrogens is 6. The highest BCUT2D eigenvalue weighted by Gasteiger charge is 2.13. The predicted molar refractivity (Wildman–Crippen MR) is 79.5 cm³/mol. The summed E-state index contributed by atoms with van der Waals surface area (Å²) in [6, 6.07) is 3.81. The van der Waals surface area contributed by atoms with Gasteiger partial charge in [-0.05, 0) is 11.4 Å². The van der Waals surface area contributed by atoms with Crippen molar-refractivity contribution < 1.29 is 4.52 Å². The molecule has 0 amide bonds. The van der Waals surface area contributed by atoms with Gasteiger partial charge < -0.3 is 4.52 Å². The summed E-state index contributed by atoms with van der Waals surface area (Å²) >= 11 is 1.52. The van der Waals surface area contributed by atoms with Crippen LogP contribution in [0.5, 0.6) is 0 Å². The van der Waals surface area contributed by atoms with Crippen molar-refractivity contribution in [2.45, 2.75) is 6.54 Å². The minimum Gasteiger partial charge on any atom is -0.333 e. The molecule has 0 aliphatic carbocycles. The lowest BCUT2D eigenvalue weighted by atomic mass is 10.4. The molecule has 0 aliphatic rings. The molecule has 110 valence electrons. The first-order valence-corrected chi connectivity index (χ1v) is 7.34. The zero-order chi connectivity index (χ0) is 15.1. The molecule has 0 N–H and O–H groups in total. The molecule has 0 unspecified atom stereocenters. The molecule has 4 aromatic heterocycles. The molecule has 0 spiro atoms. The molecule has 4 aromatic rings. The van der Waals surface area contributed by atoms with Crippen LogP contribution in [0.4, 0.5) is 0 Å². The molecule has 0 bridgehead atoms. The van der Waals surface area contributed by atoms with Gasteiger partial charge in [0.2, 0.25) is 0 Å². The van der Waals surface area contributed by atoms with Gasteiger partial charge in [-0.15, -0.1) is 11.3 Å². The lowest BCUT2D eigenvalue weighted by Gasteiger charge is -2.01. The third kappa shape index (κ3) is 2.02. The Hall–Kier alpha value is -2.81. The first kappa shape index (κ1) is 12.9. The van der Waals surface area contributed by atoms with Crippen LogP contribution < -0.4 is 5.56 Å². The largest absolute Gasteiger partial charge is 0.333 e. The second kappa shape index (κ2) is 4.88. The maximum atomic E-state index is 12.4. The van der Waals surface area contributed by atoms with Gasteiger partial charge in [0, 0.05) is 7.05 Å². The van der Waals surface area contributed by atoms with Crippen LogP contribution in [-0.2, 0) is 13.6 Å². The number of hydrogen-bond acceptors (Lipinski definition) is 7. The molecular weight excluding hydrogens is 304 g/mol. The number of aryl methyl sites for hydroxylation is 1. The van der Waals surface area contributed by atoms with E-state index in [1.165, 1.54) is 28.4 Å². The van der Waals surface area contributed by atoms with Crippen molar-refractivity contribution in [3.63, 3.8) is 0 Å². The van der Waals surface area contributed by atoms with E-state index in [0.29, 0.717) is 22.7 Å². The van der Waals surface area contributed by atoms with Crippen molar-refractivity contribution >= 4 is 22.4 Å². The summed E-state index contributed by atoms with van der Waals surface area (Å²) in [6.07, 6.45) is 2.97. The highest BCUT2D eigenvalue weighted by atomic mass is 32.1. The van der Waals surface area contributed by atoms with E-state index in [9.17, 15) is 4.79 Å². The summed E-state index contributed by atoms with van der Waals surface area (Å²) in [5.41, 5.74) is 0.370. The summed E-state index contributed by atoms with van der Waals surface area (Å²) in [5.74, 6) is 0.879. The lowest BCUT2D eigenvalue weighted by molar-refractivity contribution is 0.420. The number of rotatable bonds is 3. The molecule has 4 rings (SSSR count). The van der Waals surface area contributed by atoms with Crippen LogP contribution in [0.3, 0.4) is 0 Å². The highest BCUT2D eigenvalue weighted by molar-refractivity contribution is 7.13. The summed E-state index contributed by atoms with van der Waals surface area (Å²) in [4.78, 5) is 21.8. The van der Waals surface area contributed by atoms with E-state index in [-0.39, 0.29) is 12.1 Å². The Morgan fingerprint density at radius 2 is 2.32 bits per heavy atom. The highest BCUT2D eigenvalue weighted by Crippen LogP contribution is 2.22. The topological polar surface area (TPSA) is 91.6 Å². The molecule has 4 heterocycles. The Balaban J connectivity index is 1.69. The Kier molecular flexibility index (Phi) is 2.86.